The Morgan fingerprint density at radius 1 is 1.22 bits per heavy atom. The molecule has 1 saturated heterocycles. The number of allylic oxidation sites excluding steroid dienone is 1. The van der Waals surface area contributed by atoms with E-state index in [1.807, 2.05) is 27.7 Å². The maximum atomic E-state index is 14.2. The Bertz CT molecular complexity index is 390. The first-order chi connectivity index (χ1) is 8.14. The molecule has 0 aromatic carbocycles. The van der Waals surface area contributed by atoms with Gasteiger partial charge in [-0.15, -0.1) is 0 Å². The minimum Gasteiger partial charge on any atom is -0.398 e. The van der Waals surface area contributed by atoms with Gasteiger partial charge < -0.3 is 9.31 Å². The van der Waals surface area contributed by atoms with Crippen LogP contribution in [0.4, 0.5) is 4.39 Å². The van der Waals surface area contributed by atoms with Crippen LogP contribution in [0, 0.1) is 5.92 Å². The molecule has 2 fully saturated rings. The molecule has 1 saturated carbocycles. The van der Waals surface area contributed by atoms with Gasteiger partial charge in [-0.2, -0.15) is 0 Å². The van der Waals surface area contributed by atoms with Crippen LogP contribution in [0.1, 0.15) is 47.5 Å². The van der Waals surface area contributed by atoms with Crippen molar-refractivity contribution in [3.8, 4) is 0 Å². The Hall–Kier alpha value is -0.675. The second-order valence-corrected chi connectivity index (χ2v) is 6.26. The van der Waals surface area contributed by atoms with E-state index >= 15 is 0 Å². The Balaban J connectivity index is 2.07. The third-order valence-electron chi connectivity index (χ3n) is 4.36. The molecule has 0 bridgehead atoms. The van der Waals surface area contributed by atoms with Gasteiger partial charge in [0.05, 0.1) is 11.2 Å². The molecule has 3 nitrogen and oxygen atoms in total. The van der Waals surface area contributed by atoms with E-state index in [9.17, 15) is 9.18 Å². The van der Waals surface area contributed by atoms with Crippen LogP contribution >= 0.6 is 0 Å². The van der Waals surface area contributed by atoms with Crippen molar-refractivity contribution in [1.82, 2.24) is 0 Å². The fourth-order valence-corrected chi connectivity index (χ4v) is 2.13. The Labute approximate surface area is 108 Å². The SMILES string of the molecule is CC(=O)C1CC(=C(F)B2OC(C)(C)C(C)(C)O2)C1. The number of carbonyl (C=O) groups excluding carboxylic acids is 1. The molecule has 1 aliphatic heterocycles. The summed E-state index contributed by atoms with van der Waals surface area (Å²) in [5.74, 6) is 0.105. The number of ketones is 1. The van der Waals surface area contributed by atoms with Crippen LogP contribution in [0.2, 0.25) is 0 Å². The topological polar surface area (TPSA) is 35.5 Å². The van der Waals surface area contributed by atoms with Gasteiger partial charge in [-0.25, -0.2) is 4.39 Å². The molecular weight excluding hydrogens is 234 g/mol. The highest BCUT2D eigenvalue weighted by molar-refractivity contribution is 6.53. The molecule has 0 unspecified atom stereocenters. The van der Waals surface area contributed by atoms with Gasteiger partial charge in [0.25, 0.3) is 0 Å². The van der Waals surface area contributed by atoms with Crippen molar-refractivity contribution in [2.75, 3.05) is 0 Å². The van der Waals surface area contributed by atoms with Crippen molar-refractivity contribution >= 4 is 12.9 Å². The predicted octanol–water partition coefficient (Wildman–Crippen LogP) is 2.84. The molecule has 1 aliphatic carbocycles. The zero-order valence-corrected chi connectivity index (χ0v) is 11.7. The number of hydrogen-bond donors (Lipinski definition) is 0. The molecule has 18 heavy (non-hydrogen) atoms. The predicted molar refractivity (Wildman–Crippen MR) is 67.6 cm³/mol. The van der Waals surface area contributed by atoms with E-state index in [1.165, 1.54) is 0 Å². The van der Waals surface area contributed by atoms with Crippen molar-refractivity contribution in [1.29, 1.82) is 0 Å². The van der Waals surface area contributed by atoms with Crippen molar-refractivity contribution in [3.05, 3.63) is 11.3 Å². The van der Waals surface area contributed by atoms with Gasteiger partial charge in [-0.3, -0.25) is 4.79 Å². The highest BCUT2D eigenvalue weighted by atomic mass is 19.1. The summed E-state index contributed by atoms with van der Waals surface area (Å²) in [7, 11) is -0.919. The number of halogens is 1. The molecule has 1 heterocycles. The number of rotatable bonds is 2. The van der Waals surface area contributed by atoms with Crippen molar-refractivity contribution < 1.29 is 18.5 Å². The molecule has 0 atom stereocenters. The maximum absolute atomic E-state index is 14.2. The Morgan fingerprint density at radius 2 is 1.67 bits per heavy atom. The molecule has 0 N–H and O–H groups in total. The highest BCUT2D eigenvalue weighted by Gasteiger charge is 2.54. The zero-order valence-electron chi connectivity index (χ0n) is 11.7. The molecule has 0 radical (unpaired) electrons. The number of Topliss-reactive ketones (excluding diaryl/α,β-unsaturated/α-hetero) is 1. The lowest BCUT2D eigenvalue weighted by Crippen LogP contribution is -2.41. The zero-order chi connectivity index (χ0) is 13.7. The maximum Gasteiger partial charge on any atom is 0.525 e. The van der Waals surface area contributed by atoms with E-state index in [2.05, 4.69) is 0 Å². The molecule has 2 aliphatic rings. The summed E-state index contributed by atoms with van der Waals surface area (Å²) >= 11 is 0. The van der Waals surface area contributed by atoms with E-state index in [-0.39, 0.29) is 17.4 Å². The first-order valence-electron chi connectivity index (χ1n) is 6.37. The minimum atomic E-state index is -0.919. The summed E-state index contributed by atoms with van der Waals surface area (Å²) in [5, 5.41) is 0. The summed E-state index contributed by atoms with van der Waals surface area (Å²) in [6.07, 6.45) is 1.01. The van der Waals surface area contributed by atoms with Crippen molar-refractivity contribution in [2.24, 2.45) is 5.92 Å². The first kappa shape index (κ1) is 13.7. The Kier molecular flexibility index (Phi) is 3.18. The van der Waals surface area contributed by atoms with Gasteiger partial charge >= 0.3 is 7.12 Å². The van der Waals surface area contributed by atoms with Crippen LogP contribution in [0.3, 0.4) is 0 Å². The van der Waals surface area contributed by atoms with Crippen LogP contribution in [0.25, 0.3) is 0 Å². The van der Waals surface area contributed by atoms with Gasteiger partial charge in [0.15, 0.2) is 0 Å². The smallest absolute Gasteiger partial charge is 0.398 e. The van der Waals surface area contributed by atoms with E-state index in [0.29, 0.717) is 18.4 Å². The first-order valence-corrected chi connectivity index (χ1v) is 6.37. The quantitative estimate of drug-likeness (QED) is 0.711. The lowest BCUT2D eigenvalue weighted by molar-refractivity contribution is -0.121. The monoisotopic (exact) mass is 254 g/mol. The molecule has 0 aromatic heterocycles. The van der Waals surface area contributed by atoms with Crippen molar-refractivity contribution in [3.63, 3.8) is 0 Å². The lowest BCUT2D eigenvalue weighted by Gasteiger charge is -2.32. The van der Waals surface area contributed by atoms with Crippen LogP contribution in [0.5, 0.6) is 0 Å². The molecule has 0 aromatic rings. The molecule has 2 rings (SSSR count). The molecule has 0 spiro atoms. The third kappa shape index (κ3) is 2.14. The van der Waals surface area contributed by atoms with Crippen LogP contribution in [0.15, 0.2) is 11.3 Å². The van der Waals surface area contributed by atoms with Crippen LogP contribution in [-0.4, -0.2) is 24.1 Å². The lowest BCUT2D eigenvalue weighted by atomic mass is 9.71. The average Bonchev–Trinajstić information content (AvgIpc) is 2.32. The average molecular weight is 254 g/mol. The summed E-state index contributed by atoms with van der Waals surface area (Å²) in [4.78, 5) is 11.1. The molecular formula is C13H20BFO3. The minimum absolute atomic E-state index is 0.0202. The van der Waals surface area contributed by atoms with E-state index in [4.69, 9.17) is 9.31 Å². The summed E-state index contributed by atoms with van der Waals surface area (Å²) in [6, 6.07) is 0. The second kappa shape index (κ2) is 4.17. The van der Waals surface area contributed by atoms with E-state index in [1.54, 1.807) is 6.92 Å². The molecule has 100 valence electrons. The largest absolute Gasteiger partial charge is 0.525 e. The number of carbonyl (C=O) groups is 1. The fourth-order valence-electron chi connectivity index (χ4n) is 2.13. The summed E-state index contributed by atoms with van der Waals surface area (Å²) < 4.78 is 25.5. The van der Waals surface area contributed by atoms with Crippen LogP contribution < -0.4 is 0 Å². The Morgan fingerprint density at radius 3 is 2.06 bits per heavy atom. The third-order valence-corrected chi connectivity index (χ3v) is 4.36. The fraction of sp³-hybridized carbons (Fsp3) is 0.769. The highest BCUT2D eigenvalue weighted by Crippen LogP contribution is 2.43. The van der Waals surface area contributed by atoms with Gasteiger partial charge in [0, 0.05) is 5.92 Å². The summed E-state index contributed by atoms with van der Waals surface area (Å²) in [5.41, 5.74) is -0.738. The van der Waals surface area contributed by atoms with E-state index in [0.717, 1.165) is 0 Å². The van der Waals surface area contributed by atoms with Crippen LogP contribution in [-0.2, 0) is 14.1 Å². The van der Waals surface area contributed by atoms with Gasteiger partial charge in [-0.05, 0) is 53.0 Å². The van der Waals surface area contributed by atoms with Gasteiger partial charge in [0.2, 0.25) is 0 Å². The van der Waals surface area contributed by atoms with Gasteiger partial charge in [-0.1, -0.05) is 0 Å². The molecule has 0 amide bonds. The second-order valence-electron chi connectivity index (χ2n) is 6.26. The number of hydrogen-bond acceptors (Lipinski definition) is 3. The standard InChI is InChI=1S/C13H20BFO3/c1-8(16)9-6-10(7-9)11(15)14-17-12(2,3)13(4,5)18-14/h9H,6-7H2,1-5H3. The normalized spacial score (nSPS) is 29.1. The van der Waals surface area contributed by atoms with E-state index < -0.39 is 18.3 Å². The van der Waals surface area contributed by atoms with Crippen molar-refractivity contribution in [2.45, 2.75) is 58.7 Å². The summed E-state index contributed by atoms with van der Waals surface area (Å²) in [6.45, 7) is 9.12. The molecule has 5 heteroatoms. The van der Waals surface area contributed by atoms with Gasteiger partial charge in [0.1, 0.15) is 11.5 Å².